The highest BCUT2D eigenvalue weighted by Gasteiger charge is 2.36. The van der Waals surface area contributed by atoms with E-state index in [4.69, 9.17) is 72.9 Å². The summed E-state index contributed by atoms with van der Waals surface area (Å²) in [4.78, 5) is 84.9. The van der Waals surface area contributed by atoms with Crippen LogP contribution in [-0.2, 0) is 42.9 Å². The number of carbonyl (C=O) groups excluding carboxylic acids is 3. The van der Waals surface area contributed by atoms with Crippen molar-refractivity contribution >= 4 is 155 Å². The summed E-state index contributed by atoms with van der Waals surface area (Å²) in [5, 5.41) is 41.3. The third-order valence-corrected chi connectivity index (χ3v) is 25.8. The number of carbonyl (C=O) groups is 4. The number of nitrogens with zero attached hydrogens (tertiary/aromatic N) is 19. The Morgan fingerprint density at radius 3 is 1.15 bits per heavy atom. The number of hydrogen-bond donors (Lipinski definition) is 1. The average molecular weight is 1730 g/mol. The molecule has 9 aromatic rings. The Morgan fingerprint density at radius 2 is 0.832 bits per heavy atom. The van der Waals surface area contributed by atoms with E-state index in [0.717, 1.165) is 124 Å². The molecule has 628 valence electrons. The van der Waals surface area contributed by atoms with E-state index in [2.05, 4.69) is 78.0 Å². The molecule has 37 heteroatoms. The number of pyridine rings is 1. The molecular formula is C82H97N19O12S6. The Labute approximate surface area is 717 Å². The number of thiazole rings is 3. The van der Waals surface area contributed by atoms with Crippen molar-refractivity contribution in [3.63, 3.8) is 0 Å². The zero-order chi connectivity index (χ0) is 85.6. The van der Waals surface area contributed by atoms with Crippen molar-refractivity contribution in [1.82, 2.24) is 33.1 Å². The second-order valence-corrected chi connectivity index (χ2v) is 35.1. The molecule has 0 saturated carbocycles. The molecule has 7 aromatic heterocycles. The molecule has 12 rings (SSSR count). The minimum Gasteiger partial charge on any atom is -0.491 e. The smallest absolute Gasteiger partial charge is 0.344 e. The molecule has 119 heavy (non-hydrogen) atoms. The first-order valence-electron chi connectivity index (χ1n) is 39.0. The second-order valence-electron chi connectivity index (χ2n) is 30.0. The fraction of sp³-hybridized carbons (Fsp3) is 0.488. The van der Waals surface area contributed by atoms with Crippen molar-refractivity contribution in [1.29, 1.82) is 0 Å². The summed E-state index contributed by atoms with van der Waals surface area (Å²) in [5.74, 6) is -0.345. The van der Waals surface area contributed by atoms with E-state index in [1.165, 1.54) is 40.9 Å². The summed E-state index contributed by atoms with van der Waals surface area (Å²) in [6.07, 6.45) is 8.71. The minimum atomic E-state index is -1.05. The lowest BCUT2D eigenvalue weighted by molar-refractivity contribution is -0.161. The Balaban J connectivity index is 0.000000189. The number of aryl methyl sites for hydroxylation is 3. The molecule has 1 atom stereocenters. The van der Waals surface area contributed by atoms with Gasteiger partial charge < -0.3 is 53.0 Å². The van der Waals surface area contributed by atoms with Gasteiger partial charge in [0.25, 0.3) is 0 Å². The highest BCUT2D eigenvalue weighted by atomic mass is 32.1. The van der Waals surface area contributed by atoms with Crippen LogP contribution in [-0.4, -0.2) is 159 Å². The molecule has 3 saturated heterocycles. The third kappa shape index (κ3) is 24.1. The number of piperidine rings is 3. The third-order valence-electron chi connectivity index (χ3n) is 20.3. The highest BCUT2D eigenvalue weighted by Crippen LogP contribution is 2.48. The Kier molecular flexibility index (Phi) is 32.3. The van der Waals surface area contributed by atoms with Gasteiger partial charge in [-0.15, -0.1) is 30.7 Å². The normalized spacial score (nSPS) is 14.7. The van der Waals surface area contributed by atoms with Crippen LogP contribution in [0.5, 0.6) is 11.5 Å². The van der Waals surface area contributed by atoms with Gasteiger partial charge in [0.2, 0.25) is 17.1 Å². The van der Waals surface area contributed by atoms with Crippen LogP contribution in [0, 0.1) is 56.7 Å². The predicted octanol–water partition coefficient (Wildman–Crippen LogP) is 21.8. The first-order valence-corrected chi connectivity index (χ1v) is 43.7. The summed E-state index contributed by atoms with van der Waals surface area (Å²) >= 11 is 7.72. The van der Waals surface area contributed by atoms with E-state index in [1.807, 2.05) is 98.7 Å². The van der Waals surface area contributed by atoms with Crippen LogP contribution in [0.3, 0.4) is 0 Å². The summed E-state index contributed by atoms with van der Waals surface area (Å²) in [7, 11) is 1.64. The number of carboxylic acid groups (broad SMARTS) is 1. The number of aliphatic carboxylic acids is 1. The summed E-state index contributed by atoms with van der Waals surface area (Å²) < 4.78 is 51.8. The monoisotopic (exact) mass is 1730 g/mol. The summed E-state index contributed by atoms with van der Waals surface area (Å²) in [5.41, 5.74) is 6.16. The molecule has 0 bridgehead atoms. The van der Waals surface area contributed by atoms with E-state index in [-0.39, 0.29) is 36.2 Å². The van der Waals surface area contributed by atoms with Gasteiger partial charge in [-0.2, -0.15) is 0 Å². The van der Waals surface area contributed by atoms with Crippen LogP contribution < -0.4 is 24.2 Å². The molecule has 0 amide bonds. The quantitative estimate of drug-likeness (QED) is 0.0139. The second kappa shape index (κ2) is 42.4. The van der Waals surface area contributed by atoms with Gasteiger partial charge in [0.05, 0.1) is 72.9 Å². The van der Waals surface area contributed by atoms with Crippen LogP contribution in [0.1, 0.15) is 144 Å². The summed E-state index contributed by atoms with van der Waals surface area (Å²) in [6, 6.07) is 18.4. The van der Waals surface area contributed by atoms with E-state index < -0.39 is 28.3 Å². The van der Waals surface area contributed by atoms with Crippen LogP contribution in [0.15, 0.2) is 104 Å². The molecule has 2 aromatic carbocycles. The Bertz CT molecular complexity index is 5140. The number of aromatic nitrogens is 7. The van der Waals surface area contributed by atoms with Gasteiger partial charge in [0.15, 0.2) is 51.5 Å². The maximum absolute atomic E-state index is 12.6. The number of azo groups is 3. The van der Waals surface area contributed by atoms with E-state index in [9.17, 15) is 19.2 Å². The van der Waals surface area contributed by atoms with Crippen molar-refractivity contribution in [3.05, 3.63) is 124 Å². The predicted molar refractivity (Wildman–Crippen MR) is 464 cm³/mol. The topological polar surface area (TPSA) is 340 Å². The number of anilines is 3. The molecule has 10 heterocycles. The van der Waals surface area contributed by atoms with Crippen molar-refractivity contribution in [2.24, 2.45) is 46.9 Å². The molecule has 1 N–H and O–H groups in total. The molecule has 3 aliphatic heterocycles. The Hall–Kier alpha value is -10.6. The van der Waals surface area contributed by atoms with E-state index in [0.29, 0.717) is 159 Å². The number of hydrogen-bond acceptors (Lipinski definition) is 33. The van der Waals surface area contributed by atoms with Crippen LogP contribution in [0.25, 0.3) is 48.3 Å². The van der Waals surface area contributed by atoms with Crippen LogP contribution in [0.4, 0.5) is 62.5 Å². The number of esters is 3. The van der Waals surface area contributed by atoms with Crippen molar-refractivity contribution in [3.8, 4) is 45.3 Å². The zero-order valence-corrected chi connectivity index (χ0v) is 74.0. The van der Waals surface area contributed by atoms with E-state index >= 15 is 0 Å². The van der Waals surface area contributed by atoms with Crippen molar-refractivity contribution in [2.45, 2.75) is 172 Å². The van der Waals surface area contributed by atoms with Gasteiger partial charge in [-0.05, 0) is 184 Å². The lowest BCUT2D eigenvalue weighted by Crippen LogP contribution is -2.39. The number of benzene rings is 2. The van der Waals surface area contributed by atoms with Crippen molar-refractivity contribution < 1.29 is 57.4 Å². The SMILES string of the molecule is [C-]#[N+]c1c(C)nsc1N=Nc1sc(N2CCC(OC(=O)C(C)(C)CC)CC2)nc1-c1ccc(OC(C)C(=O)O)cc1.[C-]#[N+]c1c(C)nsc1N=Nc1sc(N2CCC(OC(=O)C(C)(C)CC)CC2)nc1-c1ccc(OCCOCCOC)cc1.[C-]#[N+]c1c(C)nsc1N=Nc1sc(N2CCC(OC(=O)C(C)(C)CC)CC2)nc1-c1cccnc1. The lowest BCUT2D eigenvalue weighted by Gasteiger charge is -2.33. The molecule has 3 aliphatic rings. The first-order chi connectivity index (χ1) is 57.1. The van der Waals surface area contributed by atoms with Crippen LogP contribution >= 0.6 is 68.6 Å². The van der Waals surface area contributed by atoms with Gasteiger partial charge >= 0.3 is 23.9 Å². The molecule has 1 unspecified atom stereocenters. The first kappa shape index (κ1) is 90.8. The molecular weight excluding hydrogens is 1640 g/mol. The number of methoxy groups -OCH3 is 1. The molecule has 0 spiro atoms. The van der Waals surface area contributed by atoms with Gasteiger partial charge in [0, 0.05) is 114 Å². The number of rotatable bonds is 31. The standard InChI is InChI=1S/C30H38N6O5S2.C28H32N6O5S2.C24H27N7O2S2/c1-7-30(3,4)28(37)41-23-12-14-36(15-13-23)29-32-25(26(42-29)33-34-27-24(31-5)20(2)35-43-27)21-8-10-22(11-9-21)40-19-18-39-17-16-38-6;1-7-28(4,5)26(37)39-20-12-14-34(15-13-20)27-30-22(18-8-10-19(11-9-18)38-17(3)25(35)36)23(40-27)31-32-24-21(29-6)16(2)33-41-24;1-6-24(3,4)22(32)33-17-9-12-31(13-10-17)23-27-19(16-8-7-11-26-14-16)20(34-23)28-29-21-18(25-5)15(2)30-35-21/h8-11,23H,7,12-19H2,1-4,6H3;8-11,17,20H,7,12-15H2,1-5H3,(H,35,36);7-8,11,14,17H,6,9-10,12-13H2,1-4H3. The molecule has 0 aliphatic carbocycles. The Morgan fingerprint density at radius 1 is 0.496 bits per heavy atom. The largest absolute Gasteiger partial charge is 0.491 e. The van der Waals surface area contributed by atoms with Crippen LogP contribution in [0.2, 0.25) is 0 Å². The average Bonchev–Trinajstić information content (AvgIpc) is 1.67. The summed E-state index contributed by atoms with van der Waals surface area (Å²) in [6.45, 7) is 52.8. The fourth-order valence-corrected chi connectivity index (χ4v) is 16.4. The molecule has 3 fully saturated rings. The van der Waals surface area contributed by atoms with Gasteiger partial charge in [-0.1, -0.05) is 54.8 Å². The van der Waals surface area contributed by atoms with Gasteiger partial charge in [-0.3, -0.25) is 19.4 Å². The lowest BCUT2D eigenvalue weighted by atomic mass is 9.90. The maximum atomic E-state index is 12.6. The van der Waals surface area contributed by atoms with Gasteiger partial charge in [-0.25, -0.2) is 47.4 Å². The molecule has 31 nitrogen and oxygen atoms in total. The van der Waals surface area contributed by atoms with Crippen molar-refractivity contribution in [2.75, 3.05) is 87.5 Å². The highest BCUT2D eigenvalue weighted by molar-refractivity contribution is 7.20. The number of carboxylic acids is 1. The molecule has 0 radical (unpaired) electrons. The van der Waals surface area contributed by atoms with Gasteiger partial charge in [0.1, 0.15) is 53.5 Å². The number of ether oxygens (including phenoxy) is 7. The fourth-order valence-electron chi connectivity index (χ4n) is 11.5. The van der Waals surface area contributed by atoms with E-state index in [1.54, 1.807) is 64.5 Å². The maximum Gasteiger partial charge on any atom is 0.344 e. The minimum absolute atomic E-state index is 0.0805. The zero-order valence-electron chi connectivity index (χ0n) is 69.1.